The molecule has 0 aliphatic heterocycles. The molecule has 3 rings (SSSR count). The molecule has 0 amide bonds. The summed E-state index contributed by atoms with van der Waals surface area (Å²) >= 11 is 0. The van der Waals surface area contributed by atoms with Gasteiger partial charge in [-0.1, -0.05) is 12.1 Å². The standard InChI is InChI=1S/C17H18FN3/c1-2-21-16-11-13(18)6-9-15(16)20-17(21)10-5-12-3-7-14(19)8-4-12/h3-4,6-9,11H,2,5,10,19H2,1H3. The molecule has 2 N–H and O–H groups in total. The molecule has 0 radical (unpaired) electrons. The first-order chi connectivity index (χ1) is 10.2. The molecule has 0 saturated carbocycles. The molecule has 108 valence electrons. The number of hydrogen-bond donors (Lipinski definition) is 1. The third-order valence-corrected chi connectivity index (χ3v) is 3.72. The summed E-state index contributed by atoms with van der Waals surface area (Å²) in [4.78, 5) is 4.63. The van der Waals surface area contributed by atoms with E-state index in [-0.39, 0.29) is 5.82 Å². The van der Waals surface area contributed by atoms with E-state index in [0.717, 1.165) is 41.9 Å². The number of imidazole rings is 1. The van der Waals surface area contributed by atoms with E-state index in [9.17, 15) is 4.39 Å². The van der Waals surface area contributed by atoms with Crippen molar-refractivity contribution in [2.45, 2.75) is 26.3 Å². The highest BCUT2D eigenvalue weighted by Crippen LogP contribution is 2.19. The second-order valence-corrected chi connectivity index (χ2v) is 5.15. The zero-order valence-electron chi connectivity index (χ0n) is 12.0. The van der Waals surface area contributed by atoms with E-state index in [4.69, 9.17) is 5.73 Å². The number of hydrogen-bond acceptors (Lipinski definition) is 2. The van der Waals surface area contributed by atoms with Gasteiger partial charge in [0.15, 0.2) is 0 Å². The van der Waals surface area contributed by atoms with Crippen LogP contribution in [-0.2, 0) is 19.4 Å². The van der Waals surface area contributed by atoms with Gasteiger partial charge in [0.1, 0.15) is 11.6 Å². The Labute approximate surface area is 123 Å². The van der Waals surface area contributed by atoms with E-state index in [1.165, 1.54) is 11.6 Å². The molecule has 0 aliphatic carbocycles. The third kappa shape index (κ3) is 2.75. The Hall–Kier alpha value is -2.36. The lowest BCUT2D eigenvalue weighted by atomic mass is 10.1. The summed E-state index contributed by atoms with van der Waals surface area (Å²) in [7, 11) is 0. The molecular weight excluding hydrogens is 265 g/mol. The first-order valence-electron chi connectivity index (χ1n) is 7.16. The summed E-state index contributed by atoms with van der Waals surface area (Å²) in [6.07, 6.45) is 1.72. The first kappa shape index (κ1) is 13.6. The van der Waals surface area contributed by atoms with Crippen molar-refractivity contribution in [3.05, 3.63) is 59.7 Å². The van der Waals surface area contributed by atoms with Crippen LogP contribution in [0.15, 0.2) is 42.5 Å². The molecule has 2 aromatic carbocycles. The maximum absolute atomic E-state index is 13.4. The lowest BCUT2D eigenvalue weighted by Crippen LogP contribution is -2.03. The SMILES string of the molecule is CCn1c(CCc2ccc(N)cc2)nc2ccc(F)cc21. The average molecular weight is 283 g/mol. The van der Waals surface area contributed by atoms with E-state index in [2.05, 4.69) is 16.5 Å². The van der Waals surface area contributed by atoms with Crippen LogP contribution in [0.2, 0.25) is 0 Å². The smallest absolute Gasteiger partial charge is 0.125 e. The number of aryl methyl sites for hydroxylation is 3. The third-order valence-electron chi connectivity index (χ3n) is 3.72. The van der Waals surface area contributed by atoms with Gasteiger partial charge in [0.2, 0.25) is 0 Å². The quantitative estimate of drug-likeness (QED) is 0.744. The molecule has 4 heteroatoms. The van der Waals surface area contributed by atoms with E-state index in [1.54, 1.807) is 12.1 Å². The van der Waals surface area contributed by atoms with Crippen LogP contribution in [0.3, 0.4) is 0 Å². The van der Waals surface area contributed by atoms with Crippen LogP contribution in [0.25, 0.3) is 11.0 Å². The Balaban J connectivity index is 1.88. The second-order valence-electron chi connectivity index (χ2n) is 5.15. The highest BCUT2D eigenvalue weighted by Gasteiger charge is 2.10. The van der Waals surface area contributed by atoms with Crippen molar-refractivity contribution < 1.29 is 4.39 Å². The predicted octanol–water partition coefficient (Wildman–Crippen LogP) is 3.56. The van der Waals surface area contributed by atoms with Gasteiger partial charge < -0.3 is 10.3 Å². The van der Waals surface area contributed by atoms with Gasteiger partial charge in [-0.3, -0.25) is 0 Å². The van der Waals surface area contributed by atoms with Gasteiger partial charge in [0.05, 0.1) is 11.0 Å². The Morgan fingerprint density at radius 3 is 2.57 bits per heavy atom. The van der Waals surface area contributed by atoms with Crippen molar-refractivity contribution >= 4 is 16.7 Å². The minimum atomic E-state index is -0.220. The minimum Gasteiger partial charge on any atom is -0.399 e. The van der Waals surface area contributed by atoms with Crippen LogP contribution in [0, 0.1) is 5.82 Å². The Kier molecular flexibility index (Phi) is 3.60. The van der Waals surface area contributed by atoms with Crippen LogP contribution in [0.1, 0.15) is 18.3 Å². The molecule has 0 aliphatic rings. The fourth-order valence-electron chi connectivity index (χ4n) is 2.63. The van der Waals surface area contributed by atoms with Gasteiger partial charge in [-0.2, -0.15) is 0 Å². The maximum atomic E-state index is 13.4. The highest BCUT2D eigenvalue weighted by atomic mass is 19.1. The molecule has 0 spiro atoms. The fourth-order valence-corrected chi connectivity index (χ4v) is 2.63. The number of benzene rings is 2. The molecule has 1 aromatic heterocycles. The van der Waals surface area contributed by atoms with Crippen molar-refractivity contribution in [3.63, 3.8) is 0 Å². The van der Waals surface area contributed by atoms with Crippen molar-refractivity contribution in [1.29, 1.82) is 0 Å². The Bertz CT molecular complexity index is 760. The highest BCUT2D eigenvalue weighted by molar-refractivity contribution is 5.76. The maximum Gasteiger partial charge on any atom is 0.125 e. The number of rotatable bonds is 4. The van der Waals surface area contributed by atoms with Gasteiger partial charge in [0, 0.05) is 18.7 Å². The molecular formula is C17H18FN3. The molecule has 21 heavy (non-hydrogen) atoms. The number of halogens is 1. The van der Waals surface area contributed by atoms with E-state index < -0.39 is 0 Å². The topological polar surface area (TPSA) is 43.8 Å². The first-order valence-corrected chi connectivity index (χ1v) is 7.16. The molecule has 1 heterocycles. The van der Waals surface area contributed by atoms with Gasteiger partial charge in [0.25, 0.3) is 0 Å². The fraction of sp³-hybridized carbons (Fsp3) is 0.235. The lowest BCUT2D eigenvalue weighted by Gasteiger charge is -2.06. The van der Waals surface area contributed by atoms with Crippen molar-refractivity contribution in [2.75, 3.05) is 5.73 Å². The van der Waals surface area contributed by atoms with E-state index in [1.807, 2.05) is 24.3 Å². The number of nitrogens with zero attached hydrogens (tertiary/aromatic N) is 2. The molecule has 0 fully saturated rings. The molecule has 0 unspecified atom stereocenters. The minimum absolute atomic E-state index is 0.220. The van der Waals surface area contributed by atoms with Crippen molar-refractivity contribution in [1.82, 2.24) is 9.55 Å². The normalized spacial score (nSPS) is 11.1. The molecule has 0 atom stereocenters. The molecule has 0 bridgehead atoms. The lowest BCUT2D eigenvalue weighted by molar-refractivity contribution is 0.627. The Morgan fingerprint density at radius 1 is 1.10 bits per heavy atom. The summed E-state index contributed by atoms with van der Waals surface area (Å²) in [5.74, 6) is 0.775. The van der Waals surface area contributed by atoms with Gasteiger partial charge in [-0.25, -0.2) is 9.37 Å². The van der Waals surface area contributed by atoms with Gasteiger partial charge >= 0.3 is 0 Å². The number of nitrogens with two attached hydrogens (primary N) is 1. The Morgan fingerprint density at radius 2 is 1.86 bits per heavy atom. The summed E-state index contributed by atoms with van der Waals surface area (Å²) in [5, 5.41) is 0. The zero-order chi connectivity index (χ0) is 14.8. The van der Waals surface area contributed by atoms with E-state index >= 15 is 0 Å². The molecule has 0 saturated heterocycles. The number of anilines is 1. The number of fused-ring (bicyclic) bond motifs is 1. The monoisotopic (exact) mass is 283 g/mol. The summed E-state index contributed by atoms with van der Waals surface area (Å²) in [6, 6.07) is 12.6. The summed E-state index contributed by atoms with van der Waals surface area (Å²) in [5.41, 5.74) is 9.41. The van der Waals surface area contributed by atoms with Crippen molar-refractivity contribution in [3.8, 4) is 0 Å². The van der Waals surface area contributed by atoms with Gasteiger partial charge in [-0.15, -0.1) is 0 Å². The van der Waals surface area contributed by atoms with Crippen LogP contribution < -0.4 is 5.73 Å². The average Bonchev–Trinajstić information content (AvgIpc) is 2.83. The largest absolute Gasteiger partial charge is 0.399 e. The van der Waals surface area contributed by atoms with Crippen molar-refractivity contribution in [2.24, 2.45) is 0 Å². The predicted molar refractivity (Wildman–Crippen MR) is 83.6 cm³/mol. The number of nitrogen functional groups attached to an aromatic ring is 1. The molecule has 3 aromatic rings. The van der Waals surface area contributed by atoms with Crippen LogP contribution in [0.5, 0.6) is 0 Å². The summed E-state index contributed by atoms with van der Waals surface area (Å²) < 4.78 is 15.5. The summed E-state index contributed by atoms with van der Waals surface area (Å²) in [6.45, 7) is 2.84. The molecule has 3 nitrogen and oxygen atoms in total. The van der Waals surface area contributed by atoms with Crippen LogP contribution in [0.4, 0.5) is 10.1 Å². The van der Waals surface area contributed by atoms with Crippen LogP contribution >= 0.6 is 0 Å². The zero-order valence-corrected chi connectivity index (χ0v) is 12.0. The number of aromatic nitrogens is 2. The second kappa shape index (κ2) is 5.56. The van der Waals surface area contributed by atoms with Gasteiger partial charge in [-0.05, 0) is 49.2 Å². The van der Waals surface area contributed by atoms with E-state index in [0.29, 0.717) is 0 Å². The van der Waals surface area contributed by atoms with Crippen LogP contribution in [-0.4, -0.2) is 9.55 Å².